The van der Waals surface area contributed by atoms with Crippen LogP contribution in [0.3, 0.4) is 0 Å². The van der Waals surface area contributed by atoms with E-state index in [2.05, 4.69) is 159 Å². The quantitative estimate of drug-likeness (QED) is 0.152. The van der Waals surface area contributed by atoms with Gasteiger partial charge in [0.1, 0.15) is 0 Å². The molecule has 0 atom stereocenters. The normalized spacial score (nSPS) is 14.4. The number of anilines is 1. The first-order valence-corrected chi connectivity index (χ1v) is 24.4. The van der Waals surface area contributed by atoms with Crippen molar-refractivity contribution in [3.05, 3.63) is 215 Å². The zero-order chi connectivity index (χ0) is 49.6. The van der Waals surface area contributed by atoms with Crippen LogP contribution in [0.5, 0.6) is 11.5 Å². The van der Waals surface area contributed by atoms with Crippen LogP contribution in [0.1, 0.15) is 36.4 Å². The van der Waals surface area contributed by atoms with Crippen LogP contribution in [0.2, 0.25) is 0 Å². The Labute approximate surface area is 413 Å². The number of fused-ring (bicyclic) bond motifs is 4. The van der Waals surface area contributed by atoms with Crippen molar-refractivity contribution in [2.75, 3.05) is 18.0 Å². The third-order valence-electron chi connectivity index (χ3n) is 13.8. The molecule has 0 saturated carbocycles. The predicted molar refractivity (Wildman–Crippen MR) is 274 cm³/mol. The van der Waals surface area contributed by atoms with Gasteiger partial charge in [-0.25, -0.2) is 0 Å². The van der Waals surface area contributed by atoms with Gasteiger partial charge in [0, 0.05) is 11.8 Å². The van der Waals surface area contributed by atoms with Crippen LogP contribution in [0, 0.1) is 10.7 Å². The van der Waals surface area contributed by atoms with Gasteiger partial charge in [0.2, 0.25) is 0 Å². The Morgan fingerprint density at radius 3 is 1.85 bits per heavy atom. The standard InChI is InChI=1S/C61H47N5O.Pt/c1-41-36-57(62-39-52(41)42-18-5-2-6-19-42)66-53-29-12-11-26-48(53)49-33-32-47(38-56(49)66)67-46-25-15-24-45(37-46)64-40-65(55-31-14-13-30-54(55)64)61-58(43-20-7-3-8-21-43)50-27-16-34-63-35-17-28-51(60(50)63)59(61)44-22-9-4-10-23-44;/h2-15,18-26,29-33,36-39H,16-17,27-28,34-35H2,1H3;/i2D,5D,6D,18D,19D;. The summed E-state index contributed by atoms with van der Waals surface area (Å²) in [6, 6.07) is 53.7. The number of pyridine rings is 1. The molecule has 2 aliphatic heterocycles. The number of aromatic nitrogens is 4. The van der Waals surface area contributed by atoms with Crippen LogP contribution < -0.4 is 9.64 Å². The molecule has 0 radical (unpaired) electrons. The number of rotatable bonds is 8. The Morgan fingerprint density at radius 1 is 0.544 bits per heavy atom. The van der Waals surface area contributed by atoms with Gasteiger partial charge in [0.05, 0.1) is 6.85 Å². The molecule has 332 valence electrons. The summed E-state index contributed by atoms with van der Waals surface area (Å²) in [5.41, 5.74) is 17.0. The summed E-state index contributed by atoms with van der Waals surface area (Å²) in [5, 5.41) is 2.08. The number of aryl methyl sites for hydroxylation is 1. The Hall–Kier alpha value is -7.53. The van der Waals surface area contributed by atoms with E-state index in [9.17, 15) is 0 Å². The average Bonchev–Trinajstić information content (AvgIpc) is 3.91. The van der Waals surface area contributed by atoms with Crippen molar-refractivity contribution in [3.8, 4) is 62.1 Å². The summed E-state index contributed by atoms with van der Waals surface area (Å²) in [4.78, 5) is 7.56. The van der Waals surface area contributed by atoms with Crippen molar-refractivity contribution in [1.29, 1.82) is 0 Å². The number of hydrogen-bond donors (Lipinski definition) is 0. The Morgan fingerprint density at radius 2 is 1.16 bits per heavy atom. The number of ether oxygens (including phenoxy) is 1. The van der Waals surface area contributed by atoms with Crippen LogP contribution in [0.25, 0.3) is 83.4 Å². The van der Waals surface area contributed by atoms with E-state index >= 15 is 0 Å². The molecule has 0 amide bonds. The molecule has 6 nitrogen and oxygen atoms in total. The summed E-state index contributed by atoms with van der Waals surface area (Å²) in [6.07, 6.45) is 5.92. The minimum absolute atomic E-state index is 0.133. The molecule has 68 heavy (non-hydrogen) atoms. The molecule has 3 aromatic heterocycles. The summed E-state index contributed by atoms with van der Waals surface area (Å²) in [6.45, 7) is 4.06. The van der Waals surface area contributed by atoms with E-state index in [-0.39, 0.29) is 29.7 Å². The fourth-order valence-electron chi connectivity index (χ4n) is 10.9. The molecule has 0 spiro atoms. The van der Waals surface area contributed by atoms with Gasteiger partial charge in [-0.3, -0.25) is 0 Å². The van der Waals surface area contributed by atoms with E-state index in [1.54, 1.807) is 6.20 Å². The third kappa shape index (κ3) is 6.64. The smallest absolute Gasteiger partial charge is 0.0616 e. The number of nitrogens with zero attached hydrogens (tertiary/aromatic N) is 5. The van der Waals surface area contributed by atoms with Crippen LogP contribution >= 0.6 is 0 Å². The molecule has 11 aromatic rings. The average molecular weight is 1070 g/mol. The summed E-state index contributed by atoms with van der Waals surface area (Å²) >= 11 is 2.54. The number of hydrogen-bond acceptors (Lipinski definition) is 3. The number of para-hydroxylation sites is 3. The second-order valence-electron chi connectivity index (χ2n) is 17.7. The van der Waals surface area contributed by atoms with Crippen molar-refractivity contribution in [3.63, 3.8) is 0 Å². The molecular weight excluding hydrogens is 1010 g/mol. The minimum atomic E-state index is -0.422. The van der Waals surface area contributed by atoms with Gasteiger partial charge in [-0.05, 0) is 18.1 Å². The molecule has 5 heterocycles. The first-order chi connectivity index (χ1) is 35.7. The fraction of sp³-hybridized carbons (Fsp3) is 0.115. The Balaban J connectivity index is 0.947. The second-order valence-corrected chi connectivity index (χ2v) is 18.7. The predicted octanol–water partition coefficient (Wildman–Crippen LogP) is 14.8. The molecular formula is C61H47N5OPt. The van der Waals surface area contributed by atoms with E-state index in [1.165, 1.54) is 44.8 Å². The summed E-state index contributed by atoms with van der Waals surface area (Å²) < 4.78 is 56.8. The summed E-state index contributed by atoms with van der Waals surface area (Å²) in [7, 11) is 0. The van der Waals surface area contributed by atoms with Crippen molar-refractivity contribution < 1.29 is 30.9 Å². The molecule has 2 aliphatic rings. The van der Waals surface area contributed by atoms with Gasteiger partial charge in [-0.2, -0.15) is 0 Å². The van der Waals surface area contributed by atoms with E-state index in [4.69, 9.17) is 16.6 Å². The Bertz CT molecular complexity index is 4030. The minimum Gasteiger partial charge on any atom is -0.0616 e. The van der Waals surface area contributed by atoms with E-state index < -0.39 is 6.04 Å². The molecule has 13 rings (SSSR count). The fourth-order valence-corrected chi connectivity index (χ4v) is 12.0. The zero-order valence-corrected chi connectivity index (χ0v) is 39.6. The van der Waals surface area contributed by atoms with Crippen molar-refractivity contribution in [1.82, 2.24) is 18.7 Å². The van der Waals surface area contributed by atoms with E-state index in [1.807, 2.05) is 43.3 Å². The number of imidazole rings is 1. The Kier molecular flexibility index (Phi) is 8.73. The molecule has 0 unspecified atom stereocenters. The van der Waals surface area contributed by atoms with Gasteiger partial charge in [0.25, 0.3) is 0 Å². The monoisotopic (exact) mass is 1070 g/mol. The van der Waals surface area contributed by atoms with Crippen LogP contribution in [-0.4, -0.2) is 31.8 Å². The van der Waals surface area contributed by atoms with Gasteiger partial charge >= 0.3 is 336 Å². The summed E-state index contributed by atoms with van der Waals surface area (Å²) in [5.74, 6) is 1.97. The number of benzene rings is 8. The van der Waals surface area contributed by atoms with Gasteiger partial charge < -0.3 is 0 Å². The van der Waals surface area contributed by atoms with Crippen LogP contribution in [0.4, 0.5) is 5.69 Å². The molecule has 8 aromatic carbocycles. The maximum absolute atomic E-state index is 8.64. The molecule has 0 N–H and O–H groups in total. The molecule has 0 aliphatic carbocycles. The second kappa shape index (κ2) is 16.7. The van der Waals surface area contributed by atoms with Crippen molar-refractivity contribution >= 4 is 38.5 Å². The first kappa shape index (κ1) is 35.6. The molecule has 0 bridgehead atoms. The molecule has 7 heteroatoms. The van der Waals surface area contributed by atoms with Crippen LogP contribution in [-0.2, 0) is 32.2 Å². The van der Waals surface area contributed by atoms with E-state index in [0.29, 0.717) is 22.9 Å². The van der Waals surface area contributed by atoms with Crippen molar-refractivity contribution in [2.45, 2.75) is 32.6 Å². The van der Waals surface area contributed by atoms with Crippen molar-refractivity contribution in [2.24, 2.45) is 0 Å². The molecule has 0 fully saturated rings. The van der Waals surface area contributed by atoms with Crippen LogP contribution in [0.15, 0.2) is 194 Å². The maximum atomic E-state index is 8.64. The zero-order valence-electron chi connectivity index (χ0n) is 42.3. The topological polar surface area (TPSA) is 40.1 Å². The third-order valence-corrected chi connectivity index (χ3v) is 14.8. The molecule has 0 saturated heterocycles. The van der Waals surface area contributed by atoms with Gasteiger partial charge in [-0.15, -0.1) is 0 Å². The van der Waals surface area contributed by atoms with E-state index in [0.717, 1.165) is 86.7 Å². The van der Waals surface area contributed by atoms with Gasteiger partial charge in [0.15, 0.2) is 0 Å². The first-order valence-electron chi connectivity index (χ1n) is 25.8. The van der Waals surface area contributed by atoms with Gasteiger partial charge in [-0.1, -0.05) is 42.3 Å². The SMILES string of the molecule is [2H]c1c([2H])c([2H])c(-c2cnc(-n3c4ccccc4c4ccc(Oc5cccc(-n6[c](=[Pt])n(-c7c(-c8ccccc8)c8c9c(c7-c7ccccc7)CCCN9CCC8)c7ccccc76)c5)cc43)cc2C)c([2H])c1[2H].